The Hall–Kier alpha value is -2.00. The van der Waals surface area contributed by atoms with Crippen LogP contribution < -0.4 is 4.90 Å². The van der Waals surface area contributed by atoms with E-state index in [1.165, 1.54) is 16.4 Å². The summed E-state index contributed by atoms with van der Waals surface area (Å²) in [5.74, 6) is 0.00639. The van der Waals surface area contributed by atoms with Crippen LogP contribution in [-0.4, -0.2) is 49.1 Å². The number of anilines is 1. The van der Waals surface area contributed by atoms with Gasteiger partial charge in [0, 0.05) is 33.1 Å². The number of aryl methyl sites for hydroxylation is 1. The normalized spacial score (nSPS) is 16.9. The van der Waals surface area contributed by atoms with Crippen LogP contribution in [0.15, 0.2) is 33.6 Å². The second-order valence-corrected chi connectivity index (χ2v) is 6.89. The van der Waals surface area contributed by atoms with Gasteiger partial charge in [0.05, 0.1) is 4.90 Å². The highest BCUT2D eigenvalue weighted by Crippen LogP contribution is 2.20. The average Bonchev–Trinajstić information content (AvgIpc) is 2.94. The molecule has 0 bridgehead atoms. The summed E-state index contributed by atoms with van der Waals surface area (Å²) < 4.78 is 44.6. The number of hydrogen-bond acceptors (Lipinski definition) is 6. The van der Waals surface area contributed by atoms with Gasteiger partial charge in [-0.25, -0.2) is 12.8 Å². The number of benzene rings is 1. The minimum atomic E-state index is -3.61. The maximum atomic E-state index is 12.9. The first kappa shape index (κ1) is 14.9. The highest BCUT2D eigenvalue weighted by molar-refractivity contribution is 7.89. The fraction of sp³-hybridized carbons (Fsp3) is 0.385. The summed E-state index contributed by atoms with van der Waals surface area (Å²) in [5, 5.41) is 7.68. The molecule has 0 spiro atoms. The van der Waals surface area contributed by atoms with E-state index in [9.17, 15) is 12.8 Å². The molecule has 0 amide bonds. The third-order valence-electron chi connectivity index (χ3n) is 3.48. The van der Waals surface area contributed by atoms with E-state index < -0.39 is 15.8 Å². The van der Waals surface area contributed by atoms with Crippen molar-refractivity contribution < 1.29 is 17.2 Å². The van der Waals surface area contributed by atoms with Gasteiger partial charge < -0.3 is 9.32 Å². The summed E-state index contributed by atoms with van der Waals surface area (Å²) in [7, 11) is -3.61. The molecule has 1 aromatic carbocycles. The zero-order chi connectivity index (χ0) is 15.7. The van der Waals surface area contributed by atoms with Crippen LogP contribution in [0.3, 0.4) is 0 Å². The monoisotopic (exact) mass is 326 g/mol. The smallest absolute Gasteiger partial charge is 0.318 e. The molecule has 2 aromatic rings. The third-order valence-corrected chi connectivity index (χ3v) is 5.39. The number of nitrogens with zero attached hydrogens (tertiary/aromatic N) is 4. The zero-order valence-corrected chi connectivity index (χ0v) is 12.8. The highest BCUT2D eigenvalue weighted by Gasteiger charge is 2.29. The van der Waals surface area contributed by atoms with Gasteiger partial charge in [0.1, 0.15) is 5.82 Å². The summed E-state index contributed by atoms with van der Waals surface area (Å²) in [6, 6.07) is 5.24. The maximum absolute atomic E-state index is 12.9. The molecule has 1 aliphatic heterocycles. The van der Waals surface area contributed by atoms with Gasteiger partial charge in [-0.05, 0) is 24.3 Å². The van der Waals surface area contributed by atoms with Gasteiger partial charge in [0.25, 0.3) is 0 Å². The van der Waals surface area contributed by atoms with Crippen molar-refractivity contribution >= 4 is 16.0 Å². The van der Waals surface area contributed by atoms with Crippen molar-refractivity contribution in [2.45, 2.75) is 11.8 Å². The van der Waals surface area contributed by atoms with E-state index in [-0.39, 0.29) is 4.90 Å². The molecule has 1 saturated heterocycles. The summed E-state index contributed by atoms with van der Waals surface area (Å²) in [6.07, 6.45) is 0. The lowest BCUT2D eigenvalue weighted by molar-refractivity contribution is 0.370. The maximum Gasteiger partial charge on any atom is 0.318 e. The van der Waals surface area contributed by atoms with Gasteiger partial charge in [-0.1, -0.05) is 5.10 Å². The molecule has 22 heavy (non-hydrogen) atoms. The Kier molecular flexibility index (Phi) is 3.83. The van der Waals surface area contributed by atoms with Crippen LogP contribution in [0.2, 0.25) is 0 Å². The summed E-state index contributed by atoms with van der Waals surface area (Å²) in [5.41, 5.74) is 0. The molecule has 118 valence electrons. The second-order valence-electron chi connectivity index (χ2n) is 4.95. The molecule has 9 heteroatoms. The first-order chi connectivity index (χ1) is 10.5. The Labute approximate surface area is 127 Å². The first-order valence-corrected chi connectivity index (χ1v) is 8.21. The van der Waals surface area contributed by atoms with Gasteiger partial charge in [-0.15, -0.1) is 5.10 Å². The lowest BCUT2D eigenvalue weighted by atomic mass is 10.4. The van der Waals surface area contributed by atoms with Crippen LogP contribution in [0.25, 0.3) is 0 Å². The van der Waals surface area contributed by atoms with Crippen LogP contribution in [0.1, 0.15) is 5.89 Å². The summed E-state index contributed by atoms with van der Waals surface area (Å²) in [6.45, 7) is 3.23. The summed E-state index contributed by atoms with van der Waals surface area (Å²) in [4.78, 5) is 1.94. The van der Waals surface area contributed by atoms with Gasteiger partial charge in [-0.3, -0.25) is 0 Å². The molecule has 3 rings (SSSR count). The molecular weight excluding hydrogens is 311 g/mol. The molecular formula is C13H15FN4O3S. The van der Waals surface area contributed by atoms with Crippen molar-refractivity contribution in [3.05, 3.63) is 36.0 Å². The van der Waals surface area contributed by atoms with E-state index in [2.05, 4.69) is 10.2 Å². The predicted octanol–water partition coefficient (Wildman–Crippen LogP) is 1.03. The van der Waals surface area contributed by atoms with Crippen LogP contribution in [0.4, 0.5) is 10.4 Å². The number of sulfonamides is 1. The Morgan fingerprint density at radius 3 is 2.27 bits per heavy atom. The van der Waals surface area contributed by atoms with Gasteiger partial charge in [-0.2, -0.15) is 4.31 Å². The Bertz CT molecular complexity index is 752. The van der Waals surface area contributed by atoms with Crippen molar-refractivity contribution in [1.29, 1.82) is 0 Å². The van der Waals surface area contributed by atoms with E-state index in [0.29, 0.717) is 38.1 Å². The highest BCUT2D eigenvalue weighted by atomic mass is 32.2. The molecule has 0 unspecified atom stereocenters. The minimum Gasteiger partial charge on any atom is -0.408 e. The number of halogens is 1. The number of rotatable bonds is 3. The lowest BCUT2D eigenvalue weighted by Gasteiger charge is -2.32. The van der Waals surface area contributed by atoms with Crippen LogP contribution in [0.5, 0.6) is 0 Å². The molecule has 1 fully saturated rings. The molecule has 1 aliphatic rings. The minimum absolute atomic E-state index is 0.0935. The van der Waals surface area contributed by atoms with E-state index in [4.69, 9.17) is 4.42 Å². The molecule has 7 nitrogen and oxygen atoms in total. The number of aromatic nitrogens is 2. The van der Waals surface area contributed by atoms with Crippen molar-refractivity contribution in [2.24, 2.45) is 0 Å². The van der Waals surface area contributed by atoms with Gasteiger partial charge >= 0.3 is 6.01 Å². The van der Waals surface area contributed by atoms with Crippen molar-refractivity contribution in [2.75, 3.05) is 31.1 Å². The second kappa shape index (κ2) is 5.65. The van der Waals surface area contributed by atoms with E-state index in [1.807, 2.05) is 4.90 Å². The fourth-order valence-corrected chi connectivity index (χ4v) is 3.71. The van der Waals surface area contributed by atoms with Gasteiger partial charge in [0.15, 0.2) is 0 Å². The van der Waals surface area contributed by atoms with E-state index in [0.717, 1.165) is 12.1 Å². The standard InChI is InChI=1S/C13H15FN4O3S/c1-10-15-16-13(21-10)17-6-8-18(9-7-17)22(19,20)12-4-2-11(14)3-5-12/h2-5H,6-9H2,1H3. The first-order valence-electron chi connectivity index (χ1n) is 6.77. The van der Waals surface area contributed by atoms with Gasteiger partial charge in [0.2, 0.25) is 15.9 Å². The predicted molar refractivity (Wildman–Crippen MR) is 76.4 cm³/mol. The largest absolute Gasteiger partial charge is 0.408 e. The Morgan fingerprint density at radius 1 is 1.09 bits per heavy atom. The number of hydrogen-bond donors (Lipinski definition) is 0. The number of piperazine rings is 1. The van der Waals surface area contributed by atoms with Crippen LogP contribution in [0, 0.1) is 12.7 Å². The Balaban J connectivity index is 1.71. The molecule has 0 aliphatic carbocycles. The lowest BCUT2D eigenvalue weighted by Crippen LogP contribution is -2.48. The quantitative estimate of drug-likeness (QED) is 0.838. The fourth-order valence-electron chi connectivity index (χ4n) is 2.29. The molecule has 0 atom stereocenters. The van der Waals surface area contributed by atoms with Crippen molar-refractivity contribution in [1.82, 2.24) is 14.5 Å². The summed E-state index contributed by atoms with van der Waals surface area (Å²) >= 11 is 0. The molecule has 0 N–H and O–H groups in total. The van der Waals surface area contributed by atoms with Crippen LogP contribution >= 0.6 is 0 Å². The molecule has 0 radical (unpaired) electrons. The van der Waals surface area contributed by atoms with Crippen molar-refractivity contribution in [3.8, 4) is 0 Å². The molecule has 2 heterocycles. The molecule has 0 saturated carbocycles. The Morgan fingerprint density at radius 2 is 1.73 bits per heavy atom. The third kappa shape index (κ3) is 2.81. The van der Waals surface area contributed by atoms with E-state index in [1.54, 1.807) is 6.92 Å². The van der Waals surface area contributed by atoms with E-state index >= 15 is 0 Å². The zero-order valence-electron chi connectivity index (χ0n) is 11.9. The SMILES string of the molecule is Cc1nnc(N2CCN(S(=O)(=O)c3ccc(F)cc3)CC2)o1. The van der Waals surface area contributed by atoms with Crippen molar-refractivity contribution in [3.63, 3.8) is 0 Å². The topological polar surface area (TPSA) is 79.5 Å². The molecule has 1 aromatic heterocycles. The van der Waals surface area contributed by atoms with Crippen LogP contribution in [-0.2, 0) is 10.0 Å². The average molecular weight is 326 g/mol.